The van der Waals surface area contributed by atoms with Gasteiger partial charge in [-0.1, -0.05) is 6.92 Å². The predicted octanol–water partition coefficient (Wildman–Crippen LogP) is 2.26. The van der Waals surface area contributed by atoms with Gasteiger partial charge in [-0.15, -0.1) is 0 Å². The van der Waals surface area contributed by atoms with E-state index in [-0.39, 0.29) is 5.78 Å². The Morgan fingerprint density at radius 2 is 2.24 bits per heavy atom. The van der Waals surface area contributed by atoms with E-state index in [1.54, 1.807) is 12.5 Å². The second-order valence-electron chi connectivity index (χ2n) is 6.13. The Morgan fingerprint density at radius 3 is 2.88 bits per heavy atom. The quantitative estimate of drug-likeness (QED) is 0.798. The largest absolute Gasteiger partial charge is 0.298 e. The van der Waals surface area contributed by atoms with Crippen molar-refractivity contribution < 1.29 is 4.79 Å². The fourth-order valence-corrected chi connectivity index (χ4v) is 3.67. The van der Waals surface area contributed by atoms with Crippen LogP contribution in [0.15, 0.2) is 0 Å². The highest BCUT2D eigenvalue weighted by Gasteiger charge is 2.56. The molecule has 3 aliphatic rings. The second-order valence-corrected chi connectivity index (χ2v) is 6.13. The summed E-state index contributed by atoms with van der Waals surface area (Å²) in [7, 11) is 0. The highest BCUT2D eigenvalue weighted by atomic mass is 16.1. The van der Waals surface area contributed by atoms with Gasteiger partial charge < -0.3 is 0 Å². The number of fused-ring (bicyclic) bond motifs is 3. The smallest absolute Gasteiger partial charge is 0.151 e. The SMILES string of the molecule is CC(=O)Cn1nc(C2CC2)c2c1CC1C2[C@H]1C. The topological polar surface area (TPSA) is 34.9 Å². The van der Waals surface area contributed by atoms with Gasteiger partial charge in [-0.3, -0.25) is 9.48 Å². The Morgan fingerprint density at radius 1 is 1.47 bits per heavy atom. The third-order valence-electron chi connectivity index (χ3n) is 4.79. The molecule has 2 fully saturated rings. The zero-order valence-electron chi connectivity index (χ0n) is 10.4. The molecule has 1 heterocycles. The molecule has 3 aliphatic carbocycles. The molecule has 2 unspecified atom stereocenters. The lowest BCUT2D eigenvalue weighted by molar-refractivity contribution is -0.117. The first kappa shape index (κ1) is 9.86. The number of ketones is 1. The van der Waals surface area contributed by atoms with Gasteiger partial charge in [0.2, 0.25) is 0 Å². The summed E-state index contributed by atoms with van der Waals surface area (Å²) < 4.78 is 2.00. The van der Waals surface area contributed by atoms with E-state index in [0.717, 1.165) is 24.2 Å². The highest BCUT2D eigenvalue weighted by molar-refractivity contribution is 5.75. The van der Waals surface area contributed by atoms with E-state index in [1.807, 2.05) is 4.68 Å². The maximum Gasteiger partial charge on any atom is 0.151 e. The summed E-state index contributed by atoms with van der Waals surface area (Å²) in [5.41, 5.74) is 4.28. The molecule has 1 aromatic rings. The lowest BCUT2D eigenvalue weighted by atomic mass is 10.1. The van der Waals surface area contributed by atoms with E-state index in [4.69, 9.17) is 5.10 Å². The standard InChI is InChI=1S/C14H18N2O/c1-7(17)6-16-11-5-10-8(2)12(10)13(11)14(15-16)9-3-4-9/h8-10,12H,3-6H2,1-2H3/t8-,10?,12?/m0/s1. The minimum absolute atomic E-state index is 0.214. The van der Waals surface area contributed by atoms with Crippen molar-refractivity contribution in [2.24, 2.45) is 11.8 Å². The number of carbonyl (C=O) groups excluding carboxylic acids is 1. The maximum absolute atomic E-state index is 11.3. The van der Waals surface area contributed by atoms with Crippen LogP contribution in [-0.2, 0) is 17.8 Å². The van der Waals surface area contributed by atoms with Crippen molar-refractivity contribution >= 4 is 5.78 Å². The van der Waals surface area contributed by atoms with Crippen LogP contribution >= 0.6 is 0 Å². The van der Waals surface area contributed by atoms with Crippen LogP contribution in [0.4, 0.5) is 0 Å². The van der Waals surface area contributed by atoms with E-state index in [0.29, 0.717) is 12.5 Å². The van der Waals surface area contributed by atoms with Gasteiger partial charge >= 0.3 is 0 Å². The monoisotopic (exact) mass is 230 g/mol. The number of aromatic nitrogens is 2. The molecule has 0 bridgehead atoms. The first-order valence-corrected chi connectivity index (χ1v) is 6.75. The molecule has 3 heteroatoms. The molecule has 0 N–H and O–H groups in total. The fraction of sp³-hybridized carbons (Fsp3) is 0.714. The van der Waals surface area contributed by atoms with Crippen molar-refractivity contribution in [2.45, 2.75) is 51.5 Å². The Labute approximate surface area is 101 Å². The third kappa shape index (κ3) is 1.28. The van der Waals surface area contributed by atoms with Gasteiger partial charge in [0, 0.05) is 17.2 Å². The van der Waals surface area contributed by atoms with Crippen LogP contribution in [0.1, 0.15) is 55.5 Å². The van der Waals surface area contributed by atoms with Gasteiger partial charge in [0.05, 0.1) is 12.2 Å². The summed E-state index contributed by atoms with van der Waals surface area (Å²) in [6.07, 6.45) is 3.76. The van der Waals surface area contributed by atoms with Crippen LogP contribution in [0.2, 0.25) is 0 Å². The van der Waals surface area contributed by atoms with Crippen molar-refractivity contribution in [1.29, 1.82) is 0 Å². The average Bonchev–Trinajstić information content (AvgIpc) is 3.10. The Hall–Kier alpha value is -1.12. The minimum atomic E-state index is 0.214. The van der Waals surface area contributed by atoms with E-state index in [9.17, 15) is 4.79 Å². The Balaban J connectivity index is 1.79. The molecule has 0 amide bonds. The molecule has 3 nitrogen and oxygen atoms in total. The molecular weight excluding hydrogens is 212 g/mol. The number of hydrogen-bond donors (Lipinski definition) is 0. The zero-order valence-corrected chi connectivity index (χ0v) is 10.4. The van der Waals surface area contributed by atoms with Gasteiger partial charge in [-0.25, -0.2) is 0 Å². The van der Waals surface area contributed by atoms with Crippen LogP contribution in [0, 0.1) is 11.8 Å². The van der Waals surface area contributed by atoms with Crippen LogP contribution in [0.25, 0.3) is 0 Å². The molecule has 0 spiro atoms. The van der Waals surface area contributed by atoms with Gasteiger partial charge in [0.25, 0.3) is 0 Å². The third-order valence-corrected chi connectivity index (χ3v) is 4.79. The normalized spacial score (nSPS) is 33.4. The van der Waals surface area contributed by atoms with Crippen molar-refractivity contribution in [2.75, 3.05) is 0 Å². The average molecular weight is 230 g/mol. The number of Topliss-reactive ketones (excluding diaryl/α,β-unsaturated/α-hetero) is 1. The van der Waals surface area contributed by atoms with Gasteiger partial charge in [0.1, 0.15) is 0 Å². The summed E-state index contributed by atoms with van der Waals surface area (Å²) in [5, 5.41) is 4.74. The molecule has 0 aliphatic heterocycles. The molecule has 0 aromatic carbocycles. The molecule has 4 rings (SSSR count). The van der Waals surface area contributed by atoms with E-state index in [1.165, 1.54) is 24.2 Å². The number of rotatable bonds is 3. The molecule has 2 saturated carbocycles. The van der Waals surface area contributed by atoms with Crippen molar-refractivity contribution in [3.63, 3.8) is 0 Å². The Kier molecular flexibility index (Phi) is 1.74. The Bertz CT molecular complexity index is 513. The first-order valence-electron chi connectivity index (χ1n) is 6.75. The van der Waals surface area contributed by atoms with E-state index >= 15 is 0 Å². The lowest BCUT2D eigenvalue weighted by Crippen LogP contribution is -2.11. The van der Waals surface area contributed by atoms with E-state index < -0.39 is 0 Å². The molecule has 17 heavy (non-hydrogen) atoms. The summed E-state index contributed by atoms with van der Waals surface area (Å²) in [5.74, 6) is 3.42. The van der Waals surface area contributed by atoms with Gasteiger partial charge in [-0.05, 0) is 43.9 Å². The number of carbonyl (C=O) groups is 1. The first-order chi connectivity index (χ1) is 8.16. The van der Waals surface area contributed by atoms with Crippen molar-refractivity contribution in [3.05, 3.63) is 17.0 Å². The highest BCUT2D eigenvalue weighted by Crippen LogP contribution is 2.63. The fourth-order valence-electron chi connectivity index (χ4n) is 3.67. The van der Waals surface area contributed by atoms with Gasteiger partial charge in [-0.2, -0.15) is 5.10 Å². The molecule has 3 atom stereocenters. The molecule has 0 radical (unpaired) electrons. The minimum Gasteiger partial charge on any atom is -0.298 e. The number of nitrogens with zero attached hydrogens (tertiary/aromatic N) is 2. The van der Waals surface area contributed by atoms with Crippen LogP contribution in [-0.4, -0.2) is 15.6 Å². The van der Waals surface area contributed by atoms with Crippen molar-refractivity contribution in [3.8, 4) is 0 Å². The second kappa shape index (κ2) is 3.01. The molecule has 90 valence electrons. The molecule has 0 saturated heterocycles. The van der Waals surface area contributed by atoms with Crippen LogP contribution < -0.4 is 0 Å². The summed E-state index contributed by atoms with van der Waals surface area (Å²) in [6, 6.07) is 0. The molecule has 1 aromatic heterocycles. The summed E-state index contributed by atoms with van der Waals surface area (Å²) >= 11 is 0. The number of hydrogen-bond acceptors (Lipinski definition) is 2. The van der Waals surface area contributed by atoms with Crippen LogP contribution in [0.3, 0.4) is 0 Å². The maximum atomic E-state index is 11.3. The van der Waals surface area contributed by atoms with Crippen LogP contribution in [0.5, 0.6) is 0 Å². The predicted molar refractivity (Wildman–Crippen MR) is 64.0 cm³/mol. The summed E-state index contributed by atoms with van der Waals surface area (Å²) in [6.45, 7) is 4.49. The van der Waals surface area contributed by atoms with Gasteiger partial charge in [0.15, 0.2) is 5.78 Å². The lowest BCUT2D eigenvalue weighted by Gasteiger charge is -2.04. The zero-order chi connectivity index (χ0) is 11.7. The van der Waals surface area contributed by atoms with Crippen molar-refractivity contribution in [1.82, 2.24) is 9.78 Å². The molecular formula is C14H18N2O. The summed E-state index contributed by atoms with van der Waals surface area (Å²) in [4.78, 5) is 11.3. The van der Waals surface area contributed by atoms with E-state index in [2.05, 4.69) is 6.92 Å².